The Morgan fingerprint density at radius 2 is 2.08 bits per heavy atom. The van der Waals surface area contributed by atoms with Gasteiger partial charge >= 0.3 is 5.97 Å². The summed E-state index contributed by atoms with van der Waals surface area (Å²) in [6.45, 7) is 0. The van der Waals surface area contributed by atoms with E-state index in [0.717, 1.165) is 3.57 Å². The summed E-state index contributed by atoms with van der Waals surface area (Å²) >= 11 is 4.04. The van der Waals surface area contributed by atoms with Gasteiger partial charge in [0.2, 0.25) is 0 Å². The monoisotopic (exact) mass is 404 g/mol. The van der Waals surface area contributed by atoms with E-state index in [4.69, 9.17) is 0 Å². The minimum atomic E-state index is -0.520. The van der Waals surface area contributed by atoms with Crippen LogP contribution >= 0.6 is 45.2 Å². The number of phenolic OH excluding ortho intramolecular Hbond substituents is 1. The summed E-state index contributed by atoms with van der Waals surface area (Å²) < 4.78 is 6.05. The molecule has 0 aromatic heterocycles. The zero-order chi connectivity index (χ0) is 10.0. The first kappa shape index (κ1) is 11.0. The molecule has 3 nitrogen and oxygen atoms in total. The quantitative estimate of drug-likeness (QED) is 0.578. The SMILES string of the molecule is COC(=O)c1cc(I)cc(I)c1O. The van der Waals surface area contributed by atoms with Crippen molar-refractivity contribution in [1.29, 1.82) is 0 Å². The maximum atomic E-state index is 11.1. The normalized spacial score (nSPS) is 9.77. The molecule has 5 heteroatoms. The number of aromatic hydroxyl groups is 1. The van der Waals surface area contributed by atoms with E-state index in [9.17, 15) is 9.90 Å². The first-order valence-corrected chi connectivity index (χ1v) is 5.48. The Morgan fingerprint density at radius 3 is 2.62 bits per heavy atom. The van der Waals surface area contributed by atoms with Crippen LogP contribution in [-0.2, 0) is 4.74 Å². The summed E-state index contributed by atoms with van der Waals surface area (Å²) in [6, 6.07) is 3.37. The van der Waals surface area contributed by atoms with Crippen molar-refractivity contribution in [2.24, 2.45) is 0 Å². The Bertz CT molecular complexity index is 349. The van der Waals surface area contributed by atoms with E-state index in [1.807, 2.05) is 22.6 Å². The lowest BCUT2D eigenvalue weighted by atomic mass is 10.2. The maximum absolute atomic E-state index is 11.1. The largest absolute Gasteiger partial charge is 0.506 e. The molecule has 0 aliphatic carbocycles. The molecular formula is C8H6I2O3. The van der Waals surface area contributed by atoms with Gasteiger partial charge < -0.3 is 9.84 Å². The van der Waals surface area contributed by atoms with Crippen LogP contribution in [0.3, 0.4) is 0 Å². The van der Waals surface area contributed by atoms with Crippen LogP contribution in [0.15, 0.2) is 12.1 Å². The molecule has 0 aliphatic rings. The van der Waals surface area contributed by atoms with Gasteiger partial charge in [-0.25, -0.2) is 4.79 Å². The molecule has 0 unspecified atom stereocenters. The van der Waals surface area contributed by atoms with E-state index < -0.39 is 5.97 Å². The number of benzene rings is 1. The molecule has 0 radical (unpaired) electrons. The third-order valence-electron chi connectivity index (χ3n) is 1.43. The van der Waals surface area contributed by atoms with Gasteiger partial charge in [0.25, 0.3) is 0 Å². The minimum absolute atomic E-state index is 0.0205. The lowest BCUT2D eigenvalue weighted by Crippen LogP contribution is -2.02. The zero-order valence-corrected chi connectivity index (χ0v) is 11.0. The first-order valence-electron chi connectivity index (χ1n) is 3.32. The number of carbonyl (C=O) groups is 1. The molecule has 1 aromatic carbocycles. The smallest absolute Gasteiger partial charge is 0.341 e. The molecule has 0 fully saturated rings. The van der Waals surface area contributed by atoms with Crippen LogP contribution in [0.25, 0.3) is 0 Å². The summed E-state index contributed by atoms with van der Waals surface area (Å²) in [5, 5.41) is 9.51. The van der Waals surface area contributed by atoms with Gasteiger partial charge in [0.1, 0.15) is 11.3 Å². The molecule has 1 rings (SSSR count). The van der Waals surface area contributed by atoms with E-state index >= 15 is 0 Å². The van der Waals surface area contributed by atoms with Crippen molar-refractivity contribution in [2.75, 3.05) is 7.11 Å². The highest BCUT2D eigenvalue weighted by molar-refractivity contribution is 14.1. The second kappa shape index (κ2) is 4.45. The lowest BCUT2D eigenvalue weighted by Gasteiger charge is -2.04. The Kier molecular flexibility index (Phi) is 3.77. The Hall–Kier alpha value is -0.0500. The molecular weight excluding hydrogens is 398 g/mol. The molecule has 0 heterocycles. The van der Waals surface area contributed by atoms with E-state index in [0.29, 0.717) is 3.57 Å². The van der Waals surface area contributed by atoms with Crippen molar-refractivity contribution in [1.82, 2.24) is 0 Å². The summed E-state index contributed by atoms with van der Waals surface area (Å²) in [4.78, 5) is 11.1. The van der Waals surface area contributed by atoms with Crippen LogP contribution in [0, 0.1) is 7.14 Å². The molecule has 0 bridgehead atoms. The number of hydrogen-bond donors (Lipinski definition) is 1. The summed E-state index contributed by atoms with van der Waals surface area (Å²) in [7, 11) is 1.29. The predicted molar refractivity (Wildman–Crippen MR) is 64.9 cm³/mol. The highest BCUT2D eigenvalue weighted by atomic mass is 127. The number of hydrogen-bond acceptors (Lipinski definition) is 3. The van der Waals surface area contributed by atoms with Crippen LogP contribution in [0.4, 0.5) is 0 Å². The predicted octanol–water partition coefficient (Wildman–Crippen LogP) is 2.39. The van der Waals surface area contributed by atoms with Crippen molar-refractivity contribution >= 4 is 51.2 Å². The van der Waals surface area contributed by atoms with Crippen molar-refractivity contribution in [2.45, 2.75) is 0 Å². The molecule has 0 saturated carbocycles. The first-order chi connectivity index (χ1) is 6.06. The lowest BCUT2D eigenvalue weighted by molar-refractivity contribution is 0.0597. The maximum Gasteiger partial charge on any atom is 0.341 e. The molecule has 0 amide bonds. The van der Waals surface area contributed by atoms with Gasteiger partial charge in [-0.15, -0.1) is 0 Å². The fraction of sp³-hybridized carbons (Fsp3) is 0.125. The Morgan fingerprint density at radius 1 is 1.46 bits per heavy atom. The van der Waals surface area contributed by atoms with Gasteiger partial charge in [-0.1, -0.05) is 0 Å². The molecule has 0 spiro atoms. The molecule has 1 N–H and O–H groups in total. The van der Waals surface area contributed by atoms with Crippen molar-refractivity contribution in [3.8, 4) is 5.75 Å². The standard InChI is InChI=1S/C8H6I2O3/c1-13-8(12)5-2-4(9)3-6(10)7(5)11/h2-3,11H,1H3. The van der Waals surface area contributed by atoms with Crippen molar-refractivity contribution in [3.63, 3.8) is 0 Å². The van der Waals surface area contributed by atoms with E-state index in [1.165, 1.54) is 7.11 Å². The highest BCUT2D eigenvalue weighted by Gasteiger charge is 2.14. The number of carbonyl (C=O) groups excluding carboxylic acids is 1. The van der Waals surface area contributed by atoms with Crippen molar-refractivity contribution < 1.29 is 14.6 Å². The highest BCUT2D eigenvalue weighted by Crippen LogP contribution is 2.27. The average molecular weight is 404 g/mol. The number of esters is 1. The summed E-state index contributed by atoms with van der Waals surface area (Å²) in [6.07, 6.45) is 0. The van der Waals surface area contributed by atoms with Crippen molar-refractivity contribution in [3.05, 3.63) is 24.8 Å². The van der Waals surface area contributed by atoms with Gasteiger partial charge in [0.05, 0.1) is 10.7 Å². The van der Waals surface area contributed by atoms with Crippen LogP contribution in [0.1, 0.15) is 10.4 Å². The number of methoxy groups -OCH3 is 1. The van der Waals surface area contributed by atoms with Crippen LogP contribution < -0.4 is 0 Å². The third-order valence-corrected chi connectivity index (χ3v) is 2.88. The molecule has 0 saturated heterocycles. The van der Waals surface area contributed by atoms with Crippen LogP contribution in [0.5, 0.6) is 5.75 Å². The number of halogens is 2. The molecule has 1 aromatic rings. The van der Waals surface area contributed by atoms with E-state index in [1.54, 1.807) is 12.1 Å². The molecule has 0 atom stereocenters. The van der Waals surface area contributed by atoms with E-state index in [-0.39, 0.29) is 11.3 Å². The minimum Gasteiger partial charge on any atom is -0.506 e. The average Bonchev–Trinajstić information content (AvgIpc) is 2.10. The summed E-state index contributed by atoms with van der Waals surface area (Å²) in [5.74, 6) is -0.540. The van der Waals surface area contributed by atoms with Gasteiger partial charge in [0.15, 0.2) is 0 Å². The fourth-order valence-corrected chi connectivity index (χ4v) is 2.68. The molecule has 0 aliphatic heterocycles. The fourth-order valence-electron chi connectivity index (χ4n) is 0.832. The van der Waals surface area contributed by atoms with Gasteiger partial charge in [0, 0.05) is 3.57 Å². The Labute approximate surface area is 103 Å². The summed E-state index contributed by atoms with van der Waals surface area (Å²) in [5.41, 5.74) is 0.207. The van der Waals surface area contributed by atoms with Crippen LogP contribution in [0.2, 0.25) is 0 Å². The molecule has 70 valence electrons. The molecule has 13 heavy (non-hydrogen) atoms. The second-order valence-corrected chi connectivity index (χ2v) is 4.68. The zero-order valence-electron chi connectivity index (χ0n) is 6.67. The third kappa shape index (κ3) is 2.46. The second-order valence-electron chi connectivity index (χ2n) is 2.28. The topological polar surface area (TPSA) is 46.5 Å². The Balaban J connectivity index is 3.28. The number of ether oxygens (including phenoxy) is 1. The van der Waals surface area contributed by atoms with Crippen LogP contribution in [-0.4, -0.2) is 18.2 Å². The van der Waals surface area contributed by atoms with Gasteiger partial charge in [-0.05, 0) is 57.3 Å². The van der Waals surface area contributed by atoms with E-state index in [2.05, 4.69) is 27.3 Å². The van der Waals surface area contributed by atoms with Gasteiger partial charge in [-0.3, -0.25) is 0 Å². The number of phenols is 1. The number of rotatable bonds is 1. The van der Waals surface area contributed by atoms with Gasteiger partial charge in [-0.2, -0.15) is 0 Å².